The summed E-state index contributed by atoms with van der Waals surface area (Å²) in [6.07, 6.45) is 4.59. The Hall–Kier alpha value is -1.17. The molecule has 2 heterocycles. The van der Waals surface area contributed by atoms with E-state index in [0.29, 0.717) is 0 Å². The molecule has 3 rings (SSSR count). The van der Waals surface area contributed by atoms with E-state index in [1.807, 2.05) is 28.3 Å². The Bertz CT molecular complexity index is 586. The highest BCUT2D eigenvalue weighted by molar-refractivity contribution is 7.10. The average molecular weight is 335 g/mol. The number of hydrogen-bond donors (Lipinski definition) is 2. The minimum absolute atomic E-state index is 0.0731. The van der Waals surface area contributed by atoms with E-state index in [2.05, 4.69) is 11.4 Å². The summed E-state index contributed by atoms with van der Waals surface area (Å²) in [6, 6.07) is 5.99. The van der Waals surface area contributed by atoms with Crippen LogP contribution in [0.2, 0.25) is 0 Å². The molecule has 1 amide bonds. The molecule has 1 fully saturated rings. The van der Waals surface area contributed by atoms with Crippen LogP contribution >= 0.6 is 22.7 Å². The molecule has 0 bridgehead atoms. The van der Waals surface area contributed by atoms with E-state index in [1.54, 1.807) is 22.7 Å². The molecule has 0 spiro atoms. The minimum atomic E-state index is -0.626. The van der Waals surface area contributed by atoms with Crippen molar-refractivity contribution in [3.63, 3.8) is 0 Å². The van der Waals surface area contributed by atoms with E-state index in [9.17, 15) is 9.90 Å². The summed E-state index contributed by atoms with van der Waals surface area (Å²) in [4.78, 5) is 14.0. The molecule has 5 heteroatoms. The van der Waals surface area contributed by atoms with Gasteiger partial charge in [-0.3, -0.25) is 4.79 Å². The van der Waals surface area contributed by atoms with Crippen LogP contribution in [0, 0.1) is 0 Å². The first-order chi connectivity index (χ1) is 10.7. The maximum absolute atomic E-state index is 12.9. The largest absolute Gasteiger partial charge is 0.387 e. The second kappa shape index (κ2) is 6.94. The first-order valence-electron chi connectivity index (χ1n) is 7.75. The summed E-state index contributed by atoms with van der Waals surface area (Å²) < 4.78 is 0. The lowest BCUT2D eigenvalue weighted by molar-refractivity contribution is -0.128. The standard InChI is InChI=1S/C17H21NO2S2/c19-14(13-6-10-21-12-13)11-18-16(20)17(7-2-1-3-8-17)15-5-4-9-22-15/h4-6,9-10,12,14,19H,1-3,7-8,11H2,(H,18,20). The number of aliphatic hydroxyl groups excluding tert-OH is 1. The number of rotatable bonds is 5. The average Bonchev–Trinajstić information content (AvgIpc) is 3.25. The lowest BCUT2D eigenvalue weighted by Gasteiger charge is -2.35. The molecule has 118 valence electrons. The van der Waals surface area contributed by atoms with Gasteiger partial charge in [0.2, 0.25) is 5.91 Å². The number of thiophene rings is 2. The van der Waals surface area contributed by atoms with Crippen molar-refractivity contribution in [3.8, 4) is 0 Å². The highest BCUT2D eigenvalue weighted by Gasteiger charge is 2.41. The van der Waals surface area contributed by atoms with Crippen molar-refractivity contribution in [1.29, 1.82) is 0 Å². The highest BCUT2D eigenvalue weighted by Crippen LogP contribution is 2.41. The molecule has 3 nitrogen and oxygen atoms in total. The summed E-state index contributed by atoms with van der Waals surface area (Å²) in [5.74, 6) is 0.0731. The Kier molecular flexibility index (Phi) is 4.96. The lowest BCUT2D eigenvalue weighted by Crippen LogP contribution is -2.46. The number of carbonyl (C=O) groups excluding carboxylic acids is 1. The zero-order valence-electron chi connectivity index (χ0n) is 12.5. The fourth-order valence-corrected chi connectivity index (χ4v) is 4.92. The van der Waals surface area contributed by atoms with Gasteiger partial charge in [-0.15, -0.1) is 11.3 Å². The predicted molar refractivity (Wildman–Crippen MR) is 91.4 cm³/mol. The molecule has 0 radical (unpaired) electrons. The number of carbonyl (C=O) groups is 1. The molecule has 22 heavy (non-hydrogen) atoms. The maximum Gasteiger partial charge on any atom is 0.231 e. The predicted octanol–water partition coefficient (Wildman–Crippen LogP) is 3.86. The number of nitrogens with one attached hydrogen (secondary N) is 1. The van der Waals surface area contributed by atoms with Gasteiger partial charge in [-0.2, -0.15) is 11.3 Å². The van der Waals surface area contributed by atoms with Crippen molar-refractivity contribution in [2.75, 3.05) is 6.54 Å². The Morgan fingerprint density at radius 1 is 1.27 bits per heavy atom. The molecule has 1 atom stereocenters. The van der Waals surface area contributed by atoms with Gasteiger partial charge in [0.1, 0.15) is 0 Å². The van der Waals surface area contributed by atoms with Gasteiger partial charge in [0, 0.05) is 11.4 Å². The highest BCUT2D eigenvalue weighted by atomic mass is 32.1. The summed E-state index contributed by atoms with van der Waals surface area (Å²) in [5.41, 5.74) is 0.486. The molecule has 1 aliphatic carbocycles. The SMILES string of the molecule is O=C(NCC(O)c1ccsc1)C1(c2cccs2)CCCCC1. The van der Waals surface area contributed by atoms with Crippen molar-refractivity contribution >= 4 is 28.6 Å². The normalized spacial score (nSPS) is 18.8. The molecule has 0 aromatic carbocycles. The molecule has 2 aromatic rings. The van der Waals surface area contributed by atoms with E-state index < -0.39 is 6.10 Å². The monoisotopic (exact) mass is 335 g/mol. The van der Waals surface area contributed by atoms with E-state index in [-0.39, 0.29) is 17.9 Å². The second-order valence-electron chi connectivity index (χ2n) is 5.90. The van der Waals surface area contributed by atoms with Crippen LogP contribution in [0.15, 0.2) is 34.3 Å². The summed E-state index contributed by atoms with van der Waals surface area (Å²) in [5, 5.41) is 19.1. The van der Waals surface area contributed by atoms with Crippen molar-refractivity contribution in [3.05, 3.63) is 44.8 Å². The van der Waals surface area contributed by atoms with Crippen molar-refractivity contribution in [2.45, 2.75) is 43.6 Å². The van der Waals surface area contributed by atoms with E-state index >= 15 is 0 Å². The first kappa shape index (κ1) is 15.7. The van der Waals surface area contributed by atoms with Gasteiger partial charge in [-0.05, 0) is 46.7 Å². The Balaban J connectivity index is 1.70. The van der Waals surface area contributed by atoms with E-state index in [4.69, 9.17) is 0 Å². The smallest absolute Gasteiger partial charge is 0.231 e. The lowest BCUT2D eigenvalue weighted by atomic mass is 9.72. The van der Waals surface area contributed by atoms with Crippen LogP contribution in [-0.4, -0.2) is 17.6 Å². The number of amides is 1. The van der Waals surface area contributed by atoms with Crippen molar-refractivity contribution < 1.29 is 9.90 Å². The summed E-state index contributed by atoms with van der Waals surface area (Å²) in [7, 11) is 0. The summed E-state index contributed by atoms with van der Waals surface area (Å²) in [6.45, 7) is 0.280. The molecule has 1 saturated carbocycles. The molecule has 2 aromatic heterocycles. The van der Waals surface area contributed by atoms with Crippen LogP contribution in [0.4, 0.5) is 0 Å². The zero-order chi connectivity index (χ0) is 15.4. The van der Waals surface area contributed by atoms with E-state index in [1.165, 1.54) is 6.42 Å². The fraction of sp³-hybridized carbons (Fsp3) is 0.471. The number of aliphatic hydroxyl groups is 1. The van der Waals surface area contributed by atoms with Crippen LogP contribution in [-0.2, 0) is 10.2 Å². The Morgan fingerprint density at radius 3 is 2.73 bits per heavy atom. The molecule has 1 unspecified atom stereocenters. The number of hydrogen-bond acceptors (Lipinski definition) is 4. The maximum atomic E-state index is 12.9. The zero-order valence-corrected chi connectivity index (χ0v) is 14.1. The van der Waals surface area contributed by atoms with Crippen LogP contribution in [0.3, 0.4) is 0 Å². The molecule has 1 aliphatic rings. The third-order valence-corrected chi connectivity index (χ3v) is 6.29. The first-order valence-corrected chi connectivity index (χ1v) is 9.57. The van der Waals surface area contributed by atoms with Crippen LogP contribution in [0.5, 0.6) is 0 Å². The molecular weight excluding hydrogens is 314 g/mol. The van der Waals surface area contributed by atoms with Gasteiger partial charge in [0.15, 0.2) is 0 Å². The second-order valence-corrected chi connectivity index (χ2v) is 7.63. The molecule has 0 aliphatic heterocycles. The van der Waals surface area contributed by atoms with Gasteiger partial charge in [0.25, 0.3) is 0 Å². The van der Waals surface area contributed by atoms with Crippen LogP contribution in [0.25, 0.3) is 0 Å². The van der Waals surface area contributed by atoms with Gasteiger partial charge in [-0.1, -0.05) is 25.3 Å². The minimum Gasteiger partial charge on any atom is -0.387 e. The van der Waals surface area contributed by atoms with Gasteiger partial charge in [-0.25, -0.2) is 0 Å². The quantitative estimate of drug-likeness (QED) is 0.871. The Morgan fingerprint density at radius 2 is 2.09 bits per heavy atom. The topological polar surface area (TPSA) is 49.3 Å². The molecule has 2 N–H and O–H groups in total. The van der Waals surface area contributed by atoms with Crippen molar-refractivity contribution in [1.82, 2.24) is 5.32 Å². The third-order valence-electron chi connectivity index (χ3n) is 4.52. The van der Waals surface area contributed by atoms with Crippen LogP contribution < -0.4 is 5.32 Å². The fourth-order valence-electron chi connectivity index (χ4n) is 3.23. The third kappa shape index (κ3) is 3.12. The Labute approximate surface area is 139 Å². The van der Waals surface area contributed by atoms with Gasteiger partial charge < -0.3 is 10.4 Å². The summed E-state index contributed by atoms with van der Waals surface area (Å²) >= 11 is 3.22. The van der Waals surface area contributed by atoms with Gasteiger partial charge in [0.05, 0.1) is 11.5 Å². The molecular formula is C17H21NO2S2. The van der Waals surface area contributed by atoms with Crippen molar-refractivity contribution in [2.24, 2.45) is 0 Å². The van der Waals surface area contributed by atoms with Crippen LogP contribution in [0.1, 0.15) is 48.6 Å². The van der Waals surface area contributed by atoms with Gasteiger partial charge >= 0.3 is 0 Å². The van der Waals surface area contributed by atoms with E-state index in [0.717, 1.165) is 36.1 Å². The molecule has 0 saturated heterocycles.